The van der Waals surface area contributed by atoms with E-state index in [0.717, 1.165) is 0 Å². The van der Waals surface area contributed by atoms with Crippen molar-refractivity contribution in [3.8, 4) is 39.1 Å². The van der Waals surface area contributed by atoms with Gasteiger partial charge in [-0.15, -0.1) is 0 Å². The zero-order valence-corrected chi connectivity index (χ0v) is 33.3. The van der Waals surface area contributed by atoms with Crippen molar-refractivity contribution in [1.82, 2.24) is 4.57 Å². The molecule has 282 valence electrons. The molecule has 1 heteroatoms. The number of aromatic nitrogens is 1. The van der Waals surface area contributed by atoms with Crippen LogP contribution in [0.1, 0.15) is 0 Å². The molecule has 12 aromatic carbocycles. The minimum Gasteiger partial charge on any atom is -0.309 e. The predicted molar refractivity (Wildman–Crippen MR) is 262 cm³/mol. The van der Waals surface area contributed by atoms with Crippen LogP contribution in [0.2, 0.25) is 0 Å². The first-order chi connectivity index (χ1) is 30.3. The summed E-state index contributed by atoms with van der Waals surface area (Å²) in [6.07, 6.45) is 0. The Balaban J connectivity index is 1.05. The number of nitrogens with zero attached hydrogens (tertiary/aromatic N) is 1. The fourth-order valence-electron chi connectivity index (χ4n) is 10.4. The summed E-state index contributed by atoms with van der Waals surface area (Å²) >= 11 is 0. The number of benzene rings is 12. The minimum atomic E-state index is 1.18. The van der Waals surface area contributed by atoms with Crippen LogP contribution >= 0.6 is 0 Å². The van der Waals surface area contributed by atoms with E-state index >= 15 is 0 Å². The van der Waals surface area contributed by atoms with Crippen molar-refractivity contribution >= 4 is 86.4 Å². The Morgan fingerprint density at radius 2 is 0.623 bits per heavy atom. The highest BCUT2D eigenvalue weighted by Gasteiger charge is 2.19. The Morgan fingerprint density at radius 3 is 1.18 bits per heavy atom. The molecule has 1 aromatic heterocycles. The Bertz CT molecular complexity index is 3810. The summed E-state index contributed by atoms with van der Waals surface area (Å²) in [5, 5.41) is 17.9. The van der Waals surface area contributed by atoms with Gasteiger partial charge in [0.15, 0.2) is 0 Å². The second kappa shape index (κ2) is 13.3. The van der Waals surface area contributed by atoms with Crippen molar-refractivity contribution in [3.05, 3.63) is 224 Å². The summed E-state index contributed by atoms with van der Waals surface area (Å²) in [5.74, 6) is 0. The van der Waals surface area contributed by atoms with Gasteiger partial charge >= 0.3 is 0 Å². The largest absolute Gasteiger partial charge is 0.309 e. The fourth-order valence-corrected chi connectivity index (χ4v) is 10.4. The average molecular weight is 772 g/mol. The lowest BCUT2D eigenvalue weighted by Crippen LogP contribution is -1.96. The summed E-state index contributed by atoms with van der Waals surface area (Å²) in [4.78, 5) is 0. The van der Waals surface area contributed by atoms with E-state index in [2.05, 4.69) is 229 Å². The second-order valence-electron chi connectivity index (χ2n) is 16.4. The first kappa shape index (κ1) is 33.9. The van der Waals surface area contributed by atoms with Gasteiger partial charge in [0.05, 0.1) is 16.7 Å². The Kier molecular flexibility index (Phi) is 7.37. The highest BCUT2D eigenvalue weighted by molar-refractivity contribution is 6.39. The summed E-state index contributed by atoms with van der Waals surface area (Å²) in [7, 11) is 0. The molecule has 0 N–H and O–H groups in total. The lowest BCUT2D eigenvalue weighted by molar-refractivity contribution is 1.20. The molecule has 0 radical (unpaired) electrons. The van der Waals surface area contributed by atoms with Gasteiger partial charge in [0.1, 0.15) is 0 Å². The van der Waals surface area contributed by atoms with E-state index in [1.165, 1.54) is 126 Å². The van der Waals surface area contributed by atoms with Crippen molar-refractivity contribution in [2.75, 3.05) is 0 Å². The molecule has 0 aliphatic carbocycles. The van der Waals surface area contributed by atoms with Crippen LogP contribution in [0.5, 0.6) is 0 Å². The molecule has 0 amide bonds. The number of rotatable bonds is 4. The van der Waals surface area contributed by atoms with Crippen molar-refractivity contribution in [2.45, 2.75) is 0 Å². The molecule has 0 bridgehead atoms. The van der Waals surface area contributed by atoms with E-state index in [1.54, 1.807) is 0 Å². The molecule has 0 saturated carbocycles. The lowest BCUT2D eigenvalue weighted by atomic mass is 9.86. The smallest absolute Gasteiger partial charge is 0.0541 e. The molecule has 0 unspecified atom stereocenters. The van der Waals surface area contributed by atoms with Crippen molar-refractivity contribution in [1.29, 1.82) is 0 Å². The lowest BCUT2D eigenvalue weighted by Gasteiger charge is -2.18. The third-order valence-electron chi connectivity index (χ3n) is 13.1. The molecule has 0 atom stereocenters. The summed E-state index contributed by atoms with van der Waals surface area (Å²) < 4.78 is 2.48. The SMILES string of the molecule is c1ccc(-c2ccc3c(c2)c2cc(-c4ccccc4)ccc2n3-c2cccc3c(-c4ccc5c(c4)c4ccccc4c4c6ccccc6c6ccccc6c54)cccc23)cc1. The van der Waals surface area contributed by atoms with Crippen LogP contribution in [-0.4, -0.2) is 4.57 Å². The molecule has 1 heterocycles. The maximum absolute atomic E-state index is 2.48. The quantitative estimate of drug-likeness (QED) is 0.157. The number of hydrogen-bond donors (Lipinski definition) is 0. The molecule has 0 aliphatic rings. The second-order valence-corrected chi connectivity index (χ2v) is 16.4. The van der Waals surface area contributed by atoms with Crippen LogP contribution in [0, 0.1) is 0 Å². The maximum atomic E-state index is 2.48. The zero-order chi connectivity index (χ0) is 40.0. The molecule has 1 nitrogen and oxygen atoms in total. The van der Waals surface area contributed by atoms with E-state index in [-0.39, 0.29) is 0 Å². The monoisotopic (exact) mass is 771 g/mol. The Morgan fingerprint density at radius 1 is 0.213 bits per heavy atom. The van der Waals surface area contributed by atoms with Crippen LogP contribution in [0.15, 0.2) is 224 Å². The minimum absolute atomic E-state index is 1.18. The van der Waals surface area contributed by atoms with Gasteiger partial charge < -0.3 is 4.57 Å². The van der Waals surface area contributed by atoms with Gasteiger partial charge in [-0.25, -0.2) is 0 Å². The Hall–Kier alpha value is -8.00. The molecule has 0 aliphatic heterocycles. The molecule has 13 rings (SSSR count). The van der Waals surface area contributed by atoms with Gasteiger partial charge in [0.25, 0.3) is 0 Å². The normalized spacial score (nSPS) is 11.9. The number of hydrogen-bond acceptors (Lipinski definition) is 0. The van der Waals surface area contributed by atoms with Crippen molar-refractivity contribution in [2.24, 2.45) is 0 Å². The topological polar surface area (TPSA) is 4.93 Å². The third kappa shape index (κ3) is 5.08. The predicted octanol–water partition coefficient (Wildman–Crippen LogP) is 16.7. The van der Waals surface area contributed by atoms with Crippen LogP contribution in [-0.2, 0) is 0 Å². The standard InChI is InChI=1S/C60H37N/c1-3-15-38(16-4-1)40-30-33-57-54(35-40)55-36-41(39-17-5-2-6-18-39)31-34-58(55)61(57)56-28-14-26-44-43(25-13-27-48(44)56)42-29-32-52-53(37-42)47-21-9-12-24-51(47)59-49-22-10-7-19-45(49)46-20-8-11-23-50(46)60(52)59/h1-37H. The van der Waals surface area contributed by atoms with Crippen LogP contribution in [0.4, 0.5) is 0 Å². The molecule has 0 fully saturated rings. The number of fused-ring (bicyclic) bond motifs is 15. The Labute approximate surface area is 353 Å². The van der Waals surface area contributed by atoms with Gasteiger partial charge in [0.2, 0.25) is 0 Å². The highest BCUT2D eigenvalue weighted by Crippen LogP contribution is 2.46. The van der Waals surface area contributed by atoms with Crippen molar-refractivity contribution < 1.29 is 0 Å². The first-order valence-electron chi connectivity index (χ1n) is 21.2. The van der Waals surface area contributed by atoms with E-state index in [9.17, 15) is 0 Å². The maximum Gasteiger partial charge on any atom is 0.0541 e. The van der Waals surface area contributed by atoms with Gasteiger partial charge in [-0.3, -0.25) is 0 Å². The summed E-state index contributed by atoms with van der Waals surface area (Å²) in [5.41, 5.74) is 10.9. The fraction of sp³-hybridized carbons (Fsp3) is 0. The molecule has 61 heavy (non-hydrogen) atoms. The molecule has 13 aromatic rings. The van der Waals surface area contributed by atoms with Crippen molar-refractivity contribution in [3.63, 3.8) is 0 Å². The van der Waals surface area contributed by atoms with Gasteiger partial charge in [0, 0.05) is 16.2 Å². The molecular formula is C60H37N. The van der Waals surface area contributed by atoms with Gasteiger partial charge in [-0.2, -0.15) is 0 Å². The third-order valence-corrected chi connectivity index (χ3v) is 13.1. The molecular weight excluding hydrogens is 735 g/mol. The molecule has 0 spiro atoms. The average Bonchev–Trinajstić information content (AvgIpc) is 3.66. The summed E-state index contributed by atoms with van der Waals surface area (Å²) in [6.45, 7) is 0. The van der Waals surface area contributed by atoms with Gasteiger partial charge in [-0.1, -0.05) is 188 Å². The zero-order valence-electron chi connectivity index (χ0n) is 33.3. The van der Waals surface area contributed by atoms with Crippen LogP contribution in [0.25, 0.3) is 126 Å². The van der Waals surface area contributed by atoms with E-state index < -0.39 is 0 Å². The van der Waals surface area contributed by atoms with E-state index in [0.29, 0.717) is 0 Å². The highest BCUT2D eigenvalue weighted by atomic mass is 15.0. The summed E-state index contributed by atoms with van der Waals surface area (Å²) in [6, 6.07) is 83.0. The van der Waals surface area contributed by atoms with E-state index in [1.807, 2.05) is 0 Å². The first-order valence-corrected chi connectivity index (χ1v) is 21.2. The van der Waals surface area contributed by atoms with Gasteiger partial charge in [-0.05, 0) is 129 Å². The van der Waals surface area contributed by atoms with E-state index in [4.69, 9.17) is 0 Å². The van der Waals surface area contributed by atoms with Crippen LogP contribution < -0.4 is 0 Å². The van der Waals surface area contributed by atoms with Crippen LogP contribution in [0.3, 0.4) is 0 Å². The molecule has 0 saturated heterocycles.